The molecule has 5 rings (SSSR count). The molecule has 0 saturated carbocycles. The van der Waals surface area contributed by atoms with E-state index in [1.807, 2.05) is 23.1 Å². The quantitative estimate of drug-likeness (QED) is 0.798. The van der Waals surface area contributed by atoms with Gasteiger partial charge in [-0.05, 0) is 30.5 Å². The lowest BCUT2D eigenvalue weighted by Gasteiger charge is -2.33. The molecule has 3 aliphatic rings. The van der Waals surface area contributed by atoms with Gasteiger partial charge in [0, 0.05) is 23.9 Å². The maximum atomic E-state index is 13.7. The third kappa shape index (κ3) is 2.11. The molecule has 7 heteroatoms. The molecule has 1 spiro atoms. The van der Waals surface area contributed by atoms with Crippen LogP contribution in [0.25, 0.3) is 0 Å². The van der Waals surface area contributed by atoms with Crippen LogP contribution >= 0.6 is 11.8 Å². The van der Waals surface area contributed by atoms with Gasteiger partial charge in [0.15, 0.2) is 11.5 Å². The zero-order chi connectivity index (χ0) is 19.5. The second-order valence-electron chi connectivity index (χ2n) is 7.07. The first-order valence-corrected chi connectivity index (χ1v) is 10.2. The standard InChI is InChI=1S/C21H20N2O4S/c1-26-16-9-8-14(11-17(16)27-2)23-18(24)12-28-21(23)15-7-3-5-13-6-4-10-22(19(13)15)20(21)25/h3,5,7-9,11H,4,6,10,12H2,1-2H3. The maximum absolute atomic E-state index is 13.7. The van der Waals surface area contributed by atoms with Gasteiger partial charge >= 0.3 is 0 Å². The fourth-order valence-corrected chi connectivity index (χ4v) is 5.89. The number of methoxy groups -OCH3 is 2. The van der Waals surface area contributed by atoms with Gasteiger partial charge in [-0.1, -0.05) is 18.2 Å². The maximum Gasteiger partial charge on any atom is 0.268 e. The Labute approximate surface area is 167 Å². The second kappa shape index (κ2) is 6.17. The van der Waals surface area contributed by atoms with Gasteiger partial charge < -0.3 is 14.4 Å². The largest absolute Gasteiger partial charge is 0.493 e. The summed E-state index contributed by atoms with van der Waals surface area (Å²) in [5, 5.41) is 0. The molecule has 1 unspecified atom stereocenters. The highest BCUT2D eigenvalue weighted by Gasteiger charge is 2.61. The van der Waals surface area contributed by atoms with Crippen molar-refractivity contribution in [3.05, 3.63) is 47.5 Å². The van der Waals surface area contributed by atoms with E-state index in [1.54, 1.807) is 31.3 Å². The van der Waals surface area contributed by atoms with Crippen LogP contribution in [0.3, 0.4) is 0 Å². The molecule has 2 aromatic rings. The molecule has 144 valence electrons. The third-order valence-corrected chi connectivity index (χ3v) is 7.10. The van der Waals surface area contributed by atoms with Crippen LogP contribution < -0.4 is 19.3 Å². The summed E-state index contributed by atoms with van der Waals surface area (Å²) < 4.78 is 10.8. The van der Waals surface area contributed by atoms with E-state index in [-0.39, 0.29) is 17.6 Å². The lowest BCUT2D eigenvalue weighted by Crippen LogP contribution is -2.50. The van der Waals surface area contributed by atoms with Crippen molar-refractivity contribution in [3.63, 3.8) is 0 Å². The number of nitrogens with zero attached hydrogens (tertiary/aromatic N) is 2. The molecule has 1 fully saturated rings. The number of hydrogen-bond donors (Lipinski definition) is 0. The SMILES string of the molecule is COc1ccc(N2C(=O)CSC23C(=O)N2CCCc4cccc3c42)cc1OC. The Kier molecular flexibility index (Phi) is 3.84. The number of hydrogen-bond acceptors (Lipinski definition) is 5. The van der Waals surface area contributed by atoms with E-state index in [1.165, 1.54) is 17.3 Å². The van der Waals surface area contributed by atoms with Crippen molar-refractivity contribution < 1.29 is 19.1 Å². The van der Waals surface area contributed by atoms with Gasteiger partial charge in [0.25, 0.3) is 5.91 Å². The Hall–Kier alpha value is -2.67. The van der Waals surface area contributed by atoms with Crippen molar-refractivity contribution in [1.82, 2.24) is 0 Å². The van der Waals surface area contributed by atoms with Crippen molar-refractivity contribution in [3.8, 4) is 11.5 Å². The van der Waals surface area contributed by atoms with E-state index in [0.717, 1.165) is 24.1 Å². The first-order valence-electron chi connectivity index (χ1n) is 9.25. The molecule has 2 amide bonds. The number of benzene rings is 2. The van der Waals surface area contributed by atoms with Crippen molar-refractivity contribution in [2.75, 3.05) is 36.3 Å². The molecule has 3 aliphatic heterocycles. The van der Waals surface area contributed by atoms with Gasteiger partial charge in [-0.2, -0.15) is 0 Å². The second-order valence-corrected chi connectivity index (χ2v) is 8.24. The van der Waals surface area contributed by atoms with Crippen molar-refractivity contribution in [2.24, 2.45) is 0 Å². The minimum atomic E-state index is -1.05. The monoisotopic (exact) mass is 396 g/mol. The Morgan fingerprint density at radius 1 is 1.07 bits per heavy atom. The van der Waals surface area contributed by atoms with E-state index in [9.17, 15) is 9.59 Å². The first kappa shape index (κ1) is 17.4. The molecule has 0 radical (unpaired) electrons. The lowest BCUT2D eigenvalue weighted by molar-refractivity contribution is -0.123. The summed E-state index contributed by atoms with van der Waals surface area (Å²) in [7, 11) is 3.13. The summed E-state index contributed by atoms with van der Waals surface area (Å²) in [6.07, 6.45) is 1.89. The van der Waals surface area contributed by atoms with Crippen LogP contribution in [0.15, 0.2) is 36.4 Å². The van der Waals surface area contributed by atoms with Crippen LogP contribution in [-0.4, -0.2) is 38.3 Å². The molecule has 0 N–H and O–H groups in total. The van der Waals surface area contributed by atoms with Crippen LogP contribution in [0, 0.1) is 0 Å². The van der Waals surface area contributed by atoms with E-state index in [4.69, 9.17) is 9.47 Å². The van der Waals surface area contributed by atoms with E-state index >= 15 is 0 Å². The molecule has 6 nitrogen and oxygen atoms in total. The number of carbonyl (C=O) groups is 2. The average Bonchev–Trinajstić information content (AvgIpc) is 3.20. The highest BCUT2D eigenvalue weighted by Crippen LogP contribution is 2.57. The Bertz CT molecular complexity index is 1010. The highest BCUT2D eigenvalue weighted by molar-refractivity contribution is 8.02. The summed E-state index contributed by atoms with van der Waals surface area (Å²) in [4.78, 5) is 29.1. The number of anilines is 2. The highest BCUT2D eigenvalue weighted by atomic mass is 32.2. The minimum absolute atomic E-state index is 0.0275. The number of ether oxygens (including phenoxy) is 2. The Morgan fingerprint density at radius 3 is 2.68 bits per heavy atom. The lowest BCUT2D eigenvalue weighted by atomic mass is 9.98. The summed E-state index contributed by atoms with van der Waals surface area (Å²) in [5.41, 5.74) is 3.73. The van der Waals surface area contributed by atoms with Gasteiger partial charge in [-0.25, -0.2) is 0 Å². The summed E-state index contributed by atoms with van der Waals surface area (Å²) in [5.74, 6) is 1.26. The predicted octanol–water partition coefficient (Wildman–Crippen LogP) is 2.93. The molecule has 2 aromatic carbocycles. The van der Waals surface area contributed by atoms with Gasteiger partial charge in [0.2, 0.25) is 10.8 Å². The van der Waals surface area contributed by atoms with Crippen LogP contribution in [0.2, 0.25) is 0 Å². The first-order chi connectivity index (χ1) is 13.6. The number of thioether (sulfide) groups is 1. The normalized spacial score (nSPS) is 22.8. The average molecular weight is 396 g/mol. The summed E-state index contributed by atoms with van der Waals surface area (Å²) in [6.45, 7) is 0.694. The van der Waals surface area contributed by atoms with Crippen molar-refractivity contribution in [2.45, 2.75) is 17.7 Å². The van der Waals surface area contributed by atoms with Gasteiger partial charge in [0.1, 0.15) is 0 Å². The number of fused-ring (bicyclic) bond motifs is 1. The van der Waals surface area contributed by atoms with Gasteiger partial charge in [-0.3, -0.25) is 14.5 Å². The van der Waals surface area contributed by atoms with Crippen LogP contribution in [-0.2, 0) is 20.9 Å². The van der Waals surface area contributed by atoms with Crippen LogP contribution in [0.5, 0.6) is 11.5 Å². The summed E-state index contributed by atoms with van der Waals surface area (Å²) in [6, 6.07) is 11.4. The van der Waals surface area contributed by atoms with Crippen LogP contribution in [0.1, 0.15) is 17.5 Å². The zero-order valence-electron chi connectivity index (χ0n) is 15.7. The van der Waals surface area contributed by atoms with E-state index in [2.05, 4.69) is 6.07 Å². The number of amides is 2. The number of para-hydroxylation sites is 1. The molecule has 28 heavy (non-hydrogen) atoms. The molecule has 3 heterocycles. The number of aryl methyl sites for hydroxylation is 1. The number of rotatable bonds is 3. The fraction of sp³-hybridized carbons (Fsp3) is 0.333. The molecular formula is C21H20N2O4S. The molecule has 1 atom stereocenters. The van der Waals surface area contributed by atoms with Crippen LogP contribution in [0.4, 0.5) is 11.4 Å². The summed E-state index contributed by atoms with van der Waals surface area (Å²) >= 11 is 1.41. The third-order valence-electron chi connectivity index (χ3n) is 5.71. The molecular weight excluding hydrogens is 376 g/mol. The zero-order valence-corrected chi connectivity index (χ0v) is 16.5. The molecule has 1 saturated heterocycles. The van der Waals surface area contributed by atoms with Gasteiger partial charge in [-0.15, -0.1) is 11.8 Å². The number of carbonyl (C=O) groups excluding carboxylic acids is 2. The fourth-order valence-electron chi connectivity index (χ4n) is 4.54. The smallest absolute Gasteiger partial charge is 0.268 e. The Balaban J connectivity index is 1.71. The molecule has 0 aromatic heterocycles. The van der Waals surface area contributed by atoms with Crippen molar-refractivity contribution >= 4 is 35.0 Å². The topological polar surface area (TPSA) is 59.1 Å². The van der Waals surface area contributed by atoms with Crippen molar-refractivity contribution in [1.29, 1.82) is 0 Å². The van der Waals surface area contributed by atoms with E-state index in [0.29, 0.717) is 23.7 Å². The minimum Gasteiger partial charge on any atom is -0.493 e. The molecule has 0 bridgehead atoms. The Morgan fingerprint density at radius 2 is 1.89 bits per heavy atom. The predicted molar refractivity (Wildman–Crippen MR) is 108 cm³/mol. The molecule has 0 aliphatic carbocycles. The van der Waals surface area contributed by atoms with Gasteiger partial charge in [0.05, 0.1) is 25.7 Å². The van der Waals surface area contributed by atoms with E-state index < -0.39 is 4.87 Å².